The van der Waals surface area contributed by atoms with Crippen molar-refractivity contribution in [1.82, 2.24) is 30.5 Å². The Kier molecular flexibility index (Phi) is 1.94. The zero-order chi connectivity index (χ0) is 11.8. The highest BCUT2D eigenvalue weighted by Gasteiger charge is 2.36. The smallest absolute Gasteiger partial charge is 0.263 e. The monoisotopic (exact) mass is 230 g/mol. The molecule has 0 aliphatic carbocycles. The molecule has 1 aliphatic rings. The lowest BCUT2D eigenvalue weighted by molar-refractivity contribution is 0.0638. The summed E-state index contributed by atoms with van der Waals surface area (Å²) in [6.45, 7) is 0.00282. The van der Waals surface area contributed by atoms with E-state index in [1.54, 1.807) is 0 Å². The molecule has 17 heavy (non-hydrogen) atoms. The summed E-state index contributed by atoms with van der Waals surface area (Å²) < 4.78 is 0. The molecule has 0 unspecified atom stereocenters. The molecule has 0 saturated carbocycles. The van der Waals surface area contributed by atoms with Crippen molar-refractivity contribution in [3.05, 3.63) is 35.4 Å². The van der Waals surface area contributed by atoms with Crippen LogP contribution in [0.4, 0.5) is 0 Å². The number of aromatic nitrogens is 5. The number of hydrogen-bond donors (Lipinski definition) is 1. The fourth-order valence-corrected chi connectivity index (χ4v) is 1.67. The van der Waals surface area contributed by atoms with Crippen LogP contribution >= 0.6 is 0 Å². The van der Waals surface area contributed by atoms with E-state index in [1.807, 2.05) is 0 Å². The summed E-state index contributed by atoms with van der Waals surface area (Å²) in [4.78, 5) is 28.7. The van der Waals surface area contributed by atoms with E-state index in [1.165, 1.54) is 18.5 Å². The molecule has 0 atom stereocenters. The first-order valence-corrected chi connectivity index (χ1v) is 4.80. The Hall–Kier alpha value is -2.64. The summed E-state index contributed by atoms with van der Waals surface area (Å²) in [6, 6.07) is 1.52. The highest BCUT2D eigenvalue weighted by molar-refractivity contribution is 6.21. The first kappa shape index (κ1) is 9.58. The van der Waals surface area contributed by atoms with Gasteiger partial charge in [0.1, 0.15) is 0 Å². The Morgan fingerprint density at radius 1 is 1.24 bits per heavy atom. The third-order valence-corrected chi connectivity index (χ3v) is 2.46. The summed E-state index contributed by atoms with van der Waals surface area (Å²) >= 11 is 0. The number of nitrogens with zero attached hydrogens (tertiary/aromatic N) is 5. The molecule has 0 bridgehead atoms. The van der Waals surface area contributed by atoms with Gasteiger partial charge in [0.15, 0.2) is 5.82 Å². The number of H-pyrrole nitrogens is 1. The number of carbonyl (C=O) groups excluding carboxylic acids is 2. The van der Waals surface area contributed by atoms with E-state index in [0.29, 0.717) is 11.1 Å². The SMILES string of the molecule is O=C1c2ccncc2C(=O)N1Cc1nn[nH]n1. The van der Waals surface area contributed by atoms with Gasteiger partial charge in [-0.05, 0) is 6.07 Å². The number of pyridine rings is 1. The highest BCUT2D eigenvalue weighted by atomic mass is 16.2. The second-order valence-corrected chi connectivity index (χ2v) is 3.45. The van der Waals surface area contributed by atoms with Crippen LogP contribution in [0.5, 0.6) is 0 Å². The van der Waals surface area contributed by atoms with Crippen molar-refractivity contribution >= 4 is 11.8 Å². The van der Waals surface area contributed by atoms with Gasteiger partial charge in [-0.2, -0.15) is 5.21 Å². The van der Waals surface area contributed by atoms with E-state index in [-0.39, 0.29) is 24.2 Å². The van der Waals surface area contributed by atoms with Crippen molar-refractivity contribution in [3.63, 3.8) is 0 Å². The third kappa shape index (κ3) is 1.38. The number of aromatic amines is 1. The molecule has 2 aromatic heterocycles. The molecule has 84 valence electrons. The molecule has 8 heteroatoms. The van der Waals surface area contributed by atoms with Gasteiger partial charge in [-0.15, -0.1) is 10.2 Å². The van der Waals surface area contributed by atoms with Crippen molar-refractivity contribution in [2.75, 3.05) is 0 Å². The van der Waals surface area contributed by atoms with E-state index in [2.05, 4.69) is 25.6 Å². The van der Waals surface area contributed by atoms with Gasteiger partial charge in [0.2, 0.25) is 0 Å². The summed E-state index contributed by atoms with van der Waals surface area (Å²) in [5.41, 5.74) is 0.662. The Bertz CT molecular complexity index is 558. The summed E-state index contributed by atoms with van der Waals surface area (Å²) in [5, 5.41) is 13.0. The van der Waals surface area contributed by atoms with E-state index in [9.17, 15) is 9.59 Å². The predicted octanol–water partition coefficient (Wildman–Crippen LogP) is -0.609. The second-order valence-electron chi connectivity index (χ2n) is 3.45. The Balaban J connectivity index is 1.95. The van der Waals surface area contributed by atoms with Gasteiger partial charge in [0, 0.05) is 12.4 Å². The molecule has 1 aliphatic heterocycles. The number of carbonyl (C=O) groups is 2. The standard InChI is InChI=1S/C9H6N6O2/c16-8-5-1-2-10-3-6(5)9(17)15(8)4-7-11-13-14-12-7/h1-3H,4H2,(H,11,12,13,14). The zero-order valence-electron chi connectivity index (χ0n) is 8.49. The maximum Gasteiger partial charge on any atom is 0.263 e. The van der Waals surface area contributed by atoms with Crippen LogP contribution in [0.25, 0.3) is 0 Å². The number of rotatable bonds is 2. The van der Waals surface area contributed by atoms with Crippen LogP contribution in [0.1, 0.15) is 26.5 Å². The van der Waals surface area contributed by atoms with Gasteiger partial charge in [0.05, 0.1) is 17.7 Å². The normalized spacial score (nSPS) is 14.2. The molecule has 2 aromatic rings. The van der Waals surface area contributed by atoms with Crippen molar-refractivity contribution in [3.8, 4) is 0 Å². The summed E-state index contributed by atoms with van der Waals surface area (Å²) in [5.74, 6) is -0.465. The Morgan fingerprint density at radius 2 is 2.06 bits per heavy atom. The lowest BCUT2D eigenvalue weighted by Gasteiger charge is -2.09. The van der Waals surface area contributed by atoms with Gasteiger partial charge in [-0.1, -0.05) is 5.21 Å². The first-order valence-electron chi connectivity index (χ1n) is 4.80. The lowest BCUT2D eigenvalue weighted by atomic mass is 10.2. The zero-order valence-corrected chi connectivity index (χ0v) is 8.49. The summed E-state index contributed by atoms with van der Waals surface area (Å²) in [6.07, 6.45) is 2.85. The fourth-order valence-electron chi connectivity index (χ4n) is 1.67. The van der Waals surface area contributed by atoms with E-state index in [4.69, 9.17) is 0 Å². The van der Waals surface area contributed by atoms with Gasteiger partial charge >= 0.3 is 0 Å². The number of fused-ring (bicyclic) bond motifs is 1. The molecule has 0 fully saturated rings. The molecule has 3 heterocycles. The molecule has 3 rings (SSSR count). The van der Waals surface area contributed by atoms with Crippen molar-refractivity contribution < 1.29 is 9.59 Å². The molecule has 1 N–H and O–H groups in total. The highest BCUT2D eigenvalue weighted by Crippen LogP contribution is 2.22. The quantitative estimate of drug-likeness (QED) is 0.690. The number of imide groups is 1. The topological polar surface area (TPSA) is 105 Å². The van der Waals surface area contributed by atoms with E-state index >= 15 is 0 Å². The fraction of sp³-hybridized carbons (Fsp3) is 0.111. The average molecular weight is 230 g/mol. The first-order chi connectivity index (χ1) is 8.27. The number of nitrogens with one attached hydrogen (secondary N) is 1. The van der Waals surface area contributed by atoms with Crippen molar-refractivity contribution in [2.24, 2.45) is 0 Å². The minimum Gasteiger partial charge on any atom is -0.269 e. The number of tetrazole rings is 1. The minimum atomic E-state index is -0.386. The van der Waals surface area contributed by atoms with Crippen molar-refractivity contribution in [2.45, 2.75) is 6.54 Å². The Morgan fingerprint density at radius 3 is 2.76 bits per heavy atom. The van der Waals surface area contributed by atoms with Crippen LogP contribution in [-0.2, 0) is 6.54 Å². The van der Waals surface area contributed by atoms with Gasteiger partial charge < -0.3 is 0 Å². The predicted molar refractivity (Wildman–Crippen MR) is 52.6 cm³/mol. The molecule has 2 amide bonds. The van der Waals surface area contributed by atoms with Crippen LogP contribution in [0.3, 0.4) is 0 Å². The third-order valence-electron chi connectivity index (χ3n) is 2.46. The maximum atomic E-state index is 11.9. The van der Waals surface area contributed by atoms with Crippen molar-refractivity contribution in [1.29, 1.82) is 0 Å². The van der Waals surface area contributed by atoms with Crippen LogP contribution < -0.4 is 0 Å². The second kappa shape index (κ2) is 3.44. The maximum absolute atomic E-state index is 11.9. The van der Waals surface area contributed by atoms with Crippen LogP contribution in [-0.4, -0.2) is 42.3 Å². The molecule has 0 spiro atoms. The van der Waals surface area contributed by atoms with Gasteiger partial charge in [0.25, 0.3) is 11.8 Å². The number of hydrogen-bond acceptors (Lipinski definition) is 6. The van der Waals surface area contributed by atoms with Gasteiger partial charge in [-0.3, -0.25) is 19.5 Å². The Labute approximate surface area is 94.7 Å². The molecule has 0 saturated heterocycles. The van der Waals surface area contributed by atoms with Crippen LogP contribution in [0.2, 0.25) is 0 Å². The molecule has 0 aromatic carbocycles. The van der Waals surface area contributed by atoms with E-state index < -0.39 is 0 Å². The van der Waals surface area contributed by atoms with Crippen LogP contribution in [0, 0.1) is 0 Å². The number of amides is 2. The average Bonchev–Trinajstić information content (AvgIpc) is 2.94. The minimum absolute atomic E-state index is 0.00282. The van der Waals surface area contributed by atoms with E-state index in [0.717, 1.165) is 4.90 Å². The molecular formula is C9H6N6O2. The van der Waals surface area contributed by atoms with Gasteiger partial charge in [-0.25, -0.2) is 0 Å². The largest absolute Gasteiger partial charge is 0.269 e. The van der Waals surface area contributed by atoms with Crippen LogP contribution in [0.15, 0.2) is 18.5 Å². The molecular weight excluding hydrogens is 224 g/mol. The lowest BCUT2D eigenvalue weighted by Crippen LogP contribution is -2.29. The molecule has 8 nitrogen and oxygen atoms in total. The summed E-state index contributed by atoms with van der Waals surface area (Å²) in [7, 11) is 0. The molecule has 0 radical (unpaired) electrons.